The van der Waals surface area contributed by atoms with Crippen molar-refractivity contribution in [2.45, 2.75) is 57.4 Å². The van der Waals surface area contributed by atoms with Gasteiger partial charge in [-0.15, -0.1) is 0 Å². The highest BCUT2D eigenvalue weighted by Gasteiger charge is 2.51. The summed E-state index contributed by atoms with van der Waals surface area (Å²) in [5.41, 5.74) is 0.336. The number of hydrogen-bond donors (Lipinski definition) is 4. The van der Waals surface area contributed by atoms with E-state index in [1.807, 2.05) is 0 Å². The number of hydrogen-bond acceptors (Lipinski definition) is 6. The maximum Gasteiger partial charge on any atom is 0.337 e. The van der Waals surface area contributed by atoms with Crippen molar-refractivity contribution in [2.24, 2.45) is 17.8 Å². The van der Waals surface area contributed by atoms with Gasteiger partial charge in [-0.05, 0) is 63.2 Å². The van der Waals surface area contributed by atoms with Crippen molar-refractivity contribution in [1.29, 1.82) is 0 Å². The number of carbonyl (C=O) groups is 4. The van der Waals surface area contributed by atoms with E-state index in [2.05, 4.69) is 21.3 Å². The zero-order valence-corrected chi connectivity index (χ0v) is 18.5. The second-order valence-corrected chi connectivity index (χ2v) is 9.47. The fourth-order valence-electron chi connectivity index (χ4n) is 6.12. The third-order valence-electron chi connectivity index (χ3n) is 6.99. The average molecular weight is 449 g/mol. The maximum atomic E-state index is 12.4. The molecular weight excluding hydrogens is 416 g/mol. The van der Waals surface area contributed by atoms with Crippen molar-refractivity contribution in [3.05, 3.63) is 11.3 Å². The van der Waals surface area contributed by atoms with Gasteiger partial charge in [0.15, 0.2) is 0 Å². The van der Waals surface area contributed by atoms with Crippen LogP contribution >= 0.6 is 0 Å². The molecule has 0 unspecified atom stereocenters. The summed E-state index contributed by atoms with van der Waals surface area (Å²) >= 11 is 0. The van der Waals surface area contributed by atoms with Gasteiger partial charge in [-0.3, -0.25) is 4.79 Å². The van der Waals surface area contributed by atoms with Gasteiger partial charge in [0.25, 0.3) is 0 Å². The van der Waals surface area contributed by atoms with Gasteiger partial charge in [-0.1, -0.05) is 0 Å². The Balaban J connectivity index is 1.20. The molecular formula is C22H32N4O6. The molecule has 0 aromatic rings. The summed E-state index contributed by atoms with van der Waals surface area (Å²) in [5.74, 6) is 1.10. The van der Waals surface area contributed by atoms with E-state index < -0.39 is 18.0 Å². The molecule has 0 spiro atoms. The second-order valence-electron chi connectivity index (χ2n) is 9.47. The highest BCUT2D eigenvalue weighted by atomic mass is 16.5. The fourth-order valence-corrected chi connectivity index (χ4v) is 6.12. The summed E-state index contributed by atoms with van der Waals surface area (Å²) in [5, 5.41) is 10.9. The van der Waals surface area contributed by atoms with Crippen molar-refractivity contribution in [3.8, 4) is 0 Å². The SMILES string of the molecule is CCOC(=O)C1=C(COC(=O)CCNC(=O)NC23CC4CC(CC(C4)C2)C3)NC(=O)NC1. The first-order valence-electron chi connectivity index (χ1n) is 11.5. The van der Waals surface area contributed by atoms with Crippen LogP contribution in [0.4, 0.5) is 9.59 Å². The zero-order chi connectivity index (χ0) is 22.7. The highest BCUT2D eigenvalue weighted by Crippen LogP contribution is 2.55. The molecule has 5 aliphatic rings. The monoisotopic (exact) mass is 448 g/mol. The number of rotatable bonds is 8. The first kappa shape index (κ1) is 22.4. The lowest BCUT2D eigenvalue weighted by atomic mass is 9.53. The second kappa shape index (κ2) is 9.38. The lowest BCUT2D eigenvalue weighted by Gasteiger charge is -2.56. The van der Waals surface area contributed by atoms with Crippen molar-refractivity contribution >= 4 is 24.0 Å². The molecule has 1 aliphatic heterocycles. The summed E-state index contributed by atoms with van der Waals surface area (Å²) in [4.78, 5) is 48.1. The quantitative estimate of drug-likeness (QED) is 0.414. The number of amides is 4. The maximum absolute atomic E-state index is 12.4. The van der Waals surface area contributed by atoms with Crippen LogP contribution in [-0.4, -0.2) is 55.8 Å². The fraction of sp³-hybridized carbons (Fsp3) is 0.727. The number of urea groups is 2. The van der Waals surface area contributed by atoms with E-state index in [4.69, 9.17) is 9.47 Å². The van der Waals surface area contributed by atoms with Crippen molar-refractivity contribution in [3.63, 3.8) is 0 Å². The van der Waals surface area contributed by atoms with Crippen LogP contribution in [0.25, 0.3) is 0 Å². The van der Waals surface area contributed by atoms with Crippen LogP contribution in [0.15, 0.2) is 11.3 Å². The topological polar surface area (TPSA) is 135 Å². The molecule has 1 heterocycles. The van der Waals surface area contributed by atoms with Crippen molar-refractivity contribution in [2.75, 3.05) is 26.3 Å². The third kappa shape index (κ3) is 5.16. The Morgan fingerprint density at radius 1 is 1.06 bits per heavy atom. The predicted octanol–water partition coefficient (Wildman–Crippen LogP) is 1.32. The molecule has 4 aliphatic carbocycles. The molecule has 5 rings (SSSR count). The van der Waals surface area contributed by atoms with E-state index in [0.717, 1.165) is 37.0 Å². The summed E-state index contributed by atoms with van der Waals surface area (Å²) in [6, 6.07) is -0.718. The minimum Gasteiger partial charge on any atom is -0.463 e. The Hall–Kier alpha value is -2.78. The molecule has 10 heteroatoms. The van der Waals surface area contributed by atoms with Crippen LogP contribution in [0.5, 0.6) is 0 Å². The van der Waals surface area contributed by atoms with Crippen LogP contribution < -0.4 is 21.3 Å². The minimum absolute atomic E-state index is 0.00357. The number of esters is 2. The molecule has 0 aromatic heterocycles. The van der Waals surface area contributed by atoms with Gasteiger partial charge < -0.3 is 30.7 Å². The van der Waals surface area contributed by atoms with Crippen molar-refractivity contribution < 1.29 is 28.7 Å². The molecule has 4 saturated carbocycles. The lowest BCUT2D eigenvalue weighted by molar-refractivity contribution is -0.143. The van der Waals surface area contributed by atoms with Gasteiger partial charge in [0.2, 0.25) is 0 Å². The summed E-state index contributed by atoms with van der Waals surface area (Å²) in [7, 11) is 0. The normalized spacial score (nSPS) is 30.3. The van der Waals surface area contributed by atoms with Gasteiger partial charge in [0, 0.05) is 12.1 Å². The van der Waals surface area contributed by atoms with Crippen LogP contribution in [-0.2, 0) is 19.1 Å². The van der Waals surface area contributed by atoms with E-state index in [1.165, 1.54) is 19.3 Å². The third-order valence-corrected chi connectivity index (χ3v) is 6.99. The van der Waals surface area contributed by atoms with Gasteiger partial charge in [0.1, 0.15) is 6.61 Å². The Bertz CT molecular complexity index is 788. The Morgan fingerprint density at radius 2 is 1.72 bits per heavy atom. The molecule has 0 atom stereocenters. The van der Waals surface area contributed by atoms with Crippen LogP contribution in [0.2, 0.25) is 0 Å². The van der Waals surface area contributed by atoms with E-state index in [1.54, 1.807) is 6.92 Å². The standard InChI is InChI=1S/C22H32N4O6/c1-2-31-19(28)16-11-24-20(29)25-17(16)12-32-18(27)3-4-23-21(30)26-22-8-13-5-14(9-22)7-15(6-13)10-22/h13-15H,2-12H2,1H3,(H2,23,26,30)(H2,24,25,29). The Morgan fingerprint density at radius 3 is 2.34 bits per heavy atom. The van der Waals surface area contributed by atoms with Gasteiger partial charge in [0.05, 0.1) is 30.8 Å². The molecule has 0 aromatic carbocycles. The number of ether oxygens (including phenoxy) is 2. The molecule has 4 N–H and O–H groups in total. The summed E-state index contributed by atoms with van der Waals surface area (Å²) in [6.07, 6.45) is 7.09. The van der Waals surface area contributed by atoms with Crippen molar-refractivity contribution in [1.82, 2.24) is 21.3 Å². The van der Waals surface area contributed by atoms with E-state index in [-0.39, 0.29) is 55.6 Å². The van der Waals surface area contributed by atoms with E-state index >= 15 is 0 Å². The van der Waals surface area contributed by atoms with Gasteiger partial charge in [-0.2, -0.15) is 0 Å². The number of carbonyl (C=O) groups excluding carboxylic acids is 4. The molecule has 0 saturated heterocycles. The molecule has 4 bridgehead atoms. The van der Waals surface area contributed by atoms with Gasteiger partial charge in [-0.25, -0.2) is 14.4 Å². The largest absolute Gasteiger partial charge is 0.463 e. The van der Waals surface area contributed by atoms with Crippen LogP contribution in [0.3, 0.4) is 0 Å². The van der Waals surface area contributed by atoms with E-state index in [0.29, 0.717) is 0 Å². The van der Waals surface area contributed by atoms with Crippen LogP contribution in [0.1, 0.15) is 51.9 Å². The molecule has 32 heavy (non-hydrogen) atoms. The lowest BCUT2D eigenvalue weighted by Crippen LogP contribution is -2.61. The molecule has 0 radical (unpaired) electrons. The average Bonchev–Trinajstić information content (AvgIpc) is 2.71. The predicted molar refractivity (Wildman–Crippen MR) is 113 cm³/mol. The van der Waals surface area contributed by atoms with E-state index in [9.17, 15) is 19.2 Å². The Kier molecular flexibility index (Phi) is 6.57. The summed E-state index contributed by atoms with van der Waals surface area (Å²) in [6.45, 7) is 1.78. The molecule has 4 amide bonds. The molecule has 176 valence electrons. The molecule has 10 nitrogen and oxygen atoms in total. The smallest absolute Gasteiger partial charge is 0.337 e. The first-order valence-corrected chi connectivity index (χ1v) is 11.5. The number of nitrogens with one attached hydrogen (secondary N) is 4. The highest BCUT2D eigenvalue weighted by molar-refractivity contribution is 5.93. The minimum atomic E-state index is -0.575. The molecule has 4 fully saturated rings. The van der Waals surface area contributed by atoms with Gasteiger partial charge >= 0.3 is 24.0 Å². The Labute approximate surface area is 187 Å². The first-order chi connectivity index (χ1) is 15.4. The summed E-state index contributed by atoms with van der Waals surface area (Å²) < 4.78 is 10.1. The zero-order valence-electron chi connectivity index (χ0n) is 18.5. The van der Waals surface area contributed by atoms with Crippen LogP contribution in [0, 0.1) is 17.8 Å².